The van der Waals surface area contributed by atoms with Gasteiger partial charge >= 0.3 is 0 Å². The van der Waals surface area contributed by atoms with Crippen LogP contribution in [0.5, 0.6) is 0 Å². The van der Waals surface area contributed by atoms with Gasteiger partial charge in [-0.2, -0.15) is 0 Å². The first-order valence-corrected chi connectivity index (χ1v) is 17.9. The smallest absolute Gasteiger partial charge is 0.130 e. The number of anilines is 1. The Bertz CT molecular complexity index is 1710. The van der Waals surface area contributed by atoms with Gasteiger partial charge in [-0.1, -0.05) is 78.7 Å². The molecule has 0 saturated heterocycles. The minimum absolute atomic E-state index is 0.433. The van der Waals surface area contributed by atoms with Crippen LogP contribution in [-0.4, -0.2) is 37.7 Å². The van der Waals surface area contributed by atoms with Gasteiger partial charge in [0, 0.05) is 42.7 Å². The minimum Gasteiger partial charge on any atom is -0.347 e. The average Bonchev–Trinajstić information content (AvgIpc) is 3.51. The summed E-state index contributed by atoms with van der Waals surface area (Å²) in [5.41, 5.74) is 17.8. The van der Waals surface area contributed by atoms with Crippen LogP contribution in [0.15, 0.2) is 97.4 Å². The molecule has 0 radical (unpaired) electrons. The van der Waals surface area contributed by atoms with Crippen molar-refractivity contribution in [1.82, 2.24) is 15.6 Å². The third-order valence-electron chi connectivity index (χ3n) is 9.68. The molecule has 1 aromatic heterocycles. The van der Waals surface area contributed by atoms with E-state index in [4.69, 9.17) is 17.3 Å². The second kappa shape index (κ2) is 17.6. The third kappa shape index (κ3) is 9.03. The summed E-state index contributed by atoms with van der Waals surface area (Å²) in [6, 6.07) is 24.4. The van der Waals surface area contributed by atoms with Crippen molar-refractivity contribution in [3.05, 3.63) is 119 Å². The maximum atomic E-state index is 7.24. The van der Waals surface area contributed by atoms with Crippen molar-refractivity contribution in [3.8, 4) is 33.4 Å². The lowest BCUT2D eigenvalue weighted by atomic mass is 9.91. The molecule has 6 heteroatoms. The van der Waals surface area contributed by atoms with Crippen molar-refractivity contribution in [2.24, 2.45) is 11.7 Å². The van der Waals surface area contributed by atoms with E-state index in [1.54, 1.807) is 0 Å². The Morgan fingerprint density at radius 1 is 0.979 bits per heavy atom. The number of likely N-dealkylation sites (N-methyl/N-ethyl adjacent to an activating group) is 1. The highest BCUT2D eigenvalue weighted by molar-refractivity contribution is 6.36. The zero-order chi connectivity index (χ0) is 33.9. The fourth-order valence-corrected chi connectivity index (χ4v) is 7.23. The van der Waals surface area contributed by atoms with Crippen LogP contribution in [0, 0.1) is 12.8 Å². The molecule has 0 fully saturated rings. The number of aromatic nitrogens is 1. The number of fused-ring (bicyclic) bond motifs is 1. The minimum atomic E-state index is 0.433. The fraction of sp³-hybridized carbons (Fsp3) is 0.357. The molecule has 1 aliphatic carbocycles. The van der Waals surface area contributed by atoms with E-state index in [0.717, 1.165) is 89.9 Å². The summed E-state index contributed by atoms with van der Waals surface area (Å²) < 4.78 is 0. The van der Waals surface area contributed by atoms with Crippen molar-refractivity contribution in [3.63, 3.8) is 0 Å². The molecule has 1 heterocycles. The molecule has 0 saturated carbocycles. The van der Waals surface area contributed by atoms with Gasteiger partial charge in [0.2, 0.25) is 0 Å². The standard InChI is InChI=1S/C42H52ClN5/c1-5-6-12-36(45-4)28-46-26-29(2)27-48-41-25-34(19-21-47-41)37-13-9-14-38(30(37)3)40-16-10-15-39(42(40)43)33-18-17-32-22-31(11-7-8-20-44)23-35(32)24-33/h5,9-10,13-19,21,24-25,27,31,36,45-46H,1,6-8,11-12,20,22-23,26,28,44H2,2-4H3,(H,47,48)/b29-27+. The molecule has 1 aliphatic rings. The topological polar surface area (TPSA) is 75.0 Å². The summed E-state index contributed by atoms with van der Waals surface area (Å²) in [6.07, 6.45) is 13.9. The van der Waals surface area contributed by atoms with Crippen LogP contribution in [0.3, 0.4) is 0 Å². The number of rotatable bonds is 17. The van der Waals surface area contributed by atoms with Gasteiger partial charge in [0.25, 0.3) is 0 Å². The Labute approximate surface area is 293 Å². The molecule has 5 nitrogen and oxygen atoms in total. The first-order chi connectivity index (χ1) is 23.4. The molecule has 0 aliphatic heterocycles. The van der Waals surface area contributed by atoms with Gasteiger partial charge in [-0.05, 0) is 129 Å². The van der Waals surface area contributed by atoms with Crippen molar-refractivity contribution in [1.29, 1.82) is 0 Å². The van der Waals surface area contributed by atoms with Crippen molar-refractivity contribution in [2.75, 3.05) is 32.0 Å². The number of benzene rings is 3. The summed E-state index contributed by atoms with van der Waals surface area (Å²) in [7, 11) is 2.01. The highest BCUT2D eigenvalue weighted by Gasteiger charge is 2.22. The molecule has 0 amide bonds. The third-order valence-corrected chi connectivity index (χ3v) is 10.1. The van der Waals surface area contributed by atoms with Crippen LogP contribution in [0.25, 0.3) is 33.4 Å². The Kier molecular flexibility index (Phi) is 13.0. The first kappa shape index (κ1) is 35.6. The maximum absolute atomic E-state index is 7.24. The molecule has 5 rings (SSSR count). The summed E-state index contributed by atoms with van der Waals surface area (Å²) in [5.74, 6) is 1.54. The molecule has 5 N–H and O–H groups in total. The predicted octanol–water partition coefficient (Wildman–Crippen LogP) is 9.35. The van der Waals surface area contributed by atoms with E-state index in [1.807, 2.05) is 25.5 Å². The van der Waals surface area contributed by atoms with Crippen molar-refractivity contribution < 1.29 is 0 Å². The van der Waals surface area contributed by atoms with E-state index in [0.29, 0.717) is 6.04 Å². The summed E-state index contributed by atoms with van der Waals surface area (Å²) in [4.78, 5) is 4.59. The molecular formula is C42H52ClN5. The predicted molar refractivity (Wildman–Crippen MR) is 207 cm³/mol. The number of nitrogens with one attached hydrogen (secondary N) is 3. The zero-order valence-corrected chi connectivity index (χ0v) is 29.7. The number of hydrogen-bond donors (Lipinski definition) is 4. The van der Waals surface area contributed by atoms with Crippen LogP contribution in [0.4, 0.5) is 5.82 Å². The monoisotopic (exact) mass is 661 g/mol. The second-order valence-electron chi connectivity index (χ2n) is 13.2. The lowest BCUT2D eigenvalue weighted by Gasteiger charge is -2.16. The first-order valence-electron chi connectivity index (χ1n) is 17.5. The van der Waals surface area contributed by atoms with E-state index in [1.165, 1.54) is 47.1 Å². The van der Waals surface area contributed by atoms with Gasteiger partial charge in [0.1, 0.15) is 5.82 Å². The molecule has 2 unspecified atom stereocenters. The van der Waals surface area contributed by atoms with Crippen molar-refractivity contribution in [2.45, 2.75) is 64.8 Å². The van der Waals surface area contributed by atoms with Gasteiger partial charge in [-0.25, -0.2) is 4.98 Å². The highest BCUT2D eigenvalue weighted by atomic mass is 35.5. The highest BCUT2D eigenvalue weighted by Crippen LogP contribution is 2.41. The molecular weight excluding hydrogens is 610 g/mol. The molecule has 0 bridgehead atoms. The van der Waals surface area contributed by atoms with Crippen molar-refractivity contribution >= 4 is 17.4 Å². The number of unbranched alkanes of at least 4 members (excludes halogenated alkanes) is 1. The van der Waals surface area contributed by atoms with Gasteiger partial charge in [0.15, 0.2) is 0 Å². The van der Waals surface area contributed by atoms with Crippen LogP contribution < -0.4 is 21.7 Å². The van der Waals surface area contributed by atoms with Crippen LogP contribution in [0.2, 0.25) is 5.02 Å². The Morgan fingerprint density at radius 2 is 1.73 bits per heavy atom. The number of pyridine rings is 1. The normalized spacial score (nSPS) is 14.9. The van der Waals surface area contributed by atoms with Gasteiger partial charge in [0.05, 0.1) is 5.02 Å². The largest absolute Gasteiger partial charge is 0.347 e. The molecule has 0 spiro atoms. The number of nitrogens with two attached hydrogens (primary N) is 1. The van der Waals surface area contributed by atoms with E-state index < -0.39 is 0 Å². The van der Waals surface area contributed by atoms with Gasteiger partial charge < -0.3 is 21.7 Å². The fourth-order valence-electron chi connectivity index (χ4n) is 6.90. The number of hydrogen-bond acceptors (Lipinski definition) is 5. The number of nitrogens with zero attached hydrogens (tertiary/aromatic N) is 1. The van der Waals surface area contributed by atoms with Gasteiger partial charge in [-0.15, -0.1) is 6.58 Å². The SMILES string of the molecule is C=CCCC(CNC/C(C)=C/Nc1cc(-c2cccc(-c3cccc(-c4ccc5c(c4)CC(CCCCN)C5)c3Cl)c2C)ccn1)NC. The summed E-state index contributed by atoms with van der Waals surface area (Å²) >= 11 is 7.24. The van der Waals surface area contributed by atoms with E-state index in [9.17, 15) is 0 Å². The molecule has 48 heavy (non-hydrogen) atoms. The maximum Gasteiger partial charge on any atom is 0.130 e. The Hall–Kier alpha value is -3.74. The number of allylic oxidation sites excluding steroid dienone is 1. The van der Waals surface area contributed by atoms with Crippen LogP contribution in [-0.2, 0) is 12.8 Å². The van der Waals surface area contributed by atoms with E-state index in [2.05, 4.69) is 108 Å². The summed E-state index contributed by atoms with van der Waals surface area (Å²) in [6.45, 7) is 10.6. The average molecular weight is 662 g/mol. The van der Waals surface area contributed by atoms with Gasteiger partial charge in [-0.3, -0.25) is 0 Å². The second-order valence-corrected chi connectivity index (χ2v) is 13.6. The van der Waals surface area contributed by atoms with E-state index >= 15 is 0 Å². The zero-order valence-electron chi connectivity index (χ0n) is 28.9. The lowest BCUT2D eigenvalue weighted by molar-refractivity contribution is 0.484. The molecule has 252 valence electrons. The van der Waals surface area contributed by atoms with Crippen LogP contribution in [0.1, 0.15) is 55.7 Å². The Morgan fingerprint density at radius 3 is 2.52 bits per heavy atom. The molecule has 2 atom stereocenters. The lowest BCUT2D eigenvalue weighted by Crippen LogP contribution is -2.37. The van der Waals surface area contributed by atoms with E-state index in [-0.39, 0.29) is 0 Å². The van der Waals surface area contributed by atoms with Crippen LogP contribution >= 0.6 is 11.6 Å². The number of halogens is 1. The summed E-state index contributed by atoms with van der Waals surface area (Å²) in [5, 5.41) is 11.1. The quantitative estimate of drug-likeness (QED) is 0.0670. The Balaban J connectivity index is 1.30. The molecule has 3 aromatic carbocycles. The molecule has 4 aromatic rings.